The van der Waals surface area contributed by atoms with Gasteiger partial charge in [-0.2, -0.15) is 0 Å². The van der Waals surface area contributed by atoms with Crippen LogP contribution in [0.4, 0.5) is 0 Å². The van der Waals surface area contributed by atoms with E-state index in [0.29, 0.717) is 5.41 Å². The summed E-state index contributed by atoms with van der Waals surface area (Å²) in [6, 6.07) is 11.1. The lowest BCUT2D eigenvalue weighted by Crippen LogP contribution is -2.36. The van der Waals surface area contributed by atoms with Crippen LogP contribution >= 0.6 is 0 Å². The van der Waals surface area contributed by atoms with Gasteiger partial charge >= 0.3 is 0 Å². The maximum atomic E-state index is 2.49. The van der Waals surface area contributed by atoms with Gasteiger partial charge in [-0.1, -0.05) is 42.5 Å². The fourth-order valence-electron chi connectivity index (χ4n) is 3.53. The number of allylic oxidation sites excluding steroid dienone is 2. The number of likely N-dealkylation sites (N-methyl/N-ethyl adjacent to an activating group) is 1. The lowest BCUT2D eigenvalue weighted by Gasteiger charge is -2.36. The predicted molar refractivity (Wildman–Crippen MR) is 67.5 cm³/mol. The van der Waals surface area contributed by atoms with E-state index in [-0.39, 0.29) is 0 Å². The van der Waals surface area contributed by atoms with Gasteiger partial charge in [0.2, 0.25) is 0 Å². The van der Waals surface area contributed by atoms with Gasteiger partial charge in [-0.05, 0) is 31.4 Å². The Balaban J connectivity index is 2.04. The summed E-state index contributed by atoms with van der Waals surface area (Å²) in [4.78, 5) is 2.49. The number of rotatable bonds is 1. The normalized spacial score (nSPS) is 33.9. The Morgan fingerprint density at radius 2 is 2.00 bits per heavy atom. The average Bonchev–Trinajstić information content (AvgIpc) is 2.67. The molecule has 2 atom stereocenters. The number of hydrogen-bond donors (Lipinski definition) is 0. The highest BCUT2D eigenvalue weighted by Gasteiger charge is 2.46. The lowest BCUT2D eigenvalue weighted by atomic mass is 9.67. The summed E-state index contributed by atoms with van der Waals surface area (Å²) >= 11 is 0. The van der Waals surface area contributed by atoms with Crippen LogP contribution in [0.25, 0.3) is 0 Å². The van der Waals surface area contributed by atoms with E-state index < -0.39 is 0 Å². The van der Waals surface area contributed by atoms with Gasteiger partial charge in [0.15, 0.2) is 0 Å². The van der Waals surface area contributed by atoms with Crippen molar-refractivity contribution in [3.63, 3.8) is 0 Å². The lowest BCUT2D eigenvalue weighted by molar-refractivity contribution is 0.328. The largest absolute Gasteiger partial charge is 0.305 e. The smallest absolute Gasteiger partial charge is 0.0158 e. The number of nitrogens with zero attached hydrogens (tertiary/aromatic N) is 1. The zero-order valence-electron chi connectivity index (χ0n) is 9.89. The molecule has 1 aliphatic heterocycles. The van der Waals surface area contributed by atoms with E-state index in [9.17, 15) is 0 Å². The molecule has 0 radical (unpaired) electrons. The minimum absolute atomic E-state index is 0.394. The van der Waals surface area contributed by atoms with Crippen molar-refractivity contribution >= 4 is 0 Å². The molecule has 1 heteroatoms. The predicted octanol–water partition coefficient (Wildman–Crippen LogP) is 2.84. The monoisotopic (exact) mass is 213 g/mol. The second kappa shape index (κ2) is 3.74. The topological polar surface area (TPSA) is 3.24 Å². The molecule has 0 amide bonds. The molecular weight excluding hydrogens is 194 g/mol. The molecular formula is C15H19N. The van der Waals surface area contributed by atoms with Crippen molar-refractivity contribution < 1.29 is 0 Å². The fraction of sp³-hybridized carbons (Fsp3) is 0.467. The Kier molecular flexibility index (Phi) is 2.36. The standard InChI is InChI=1S/C15H19N/c1-16-11-14-9-5-6-10-15(14,12-16)13-7-3-2-4-8-13/h2-8,14H,9-12H2,1H3. The molecule has 2 aliphatic rings. The number of likely N-dealkylation sites (tertiary alicyclic amines) is 1. The van der Waals surface area contributed by atoms with Crippen molar-refractivity contribution in [3.8, 4) is 0 Å². The van der Waals surface area contributed by atoms with Gasteiger partial charge < -0.3 is 4.90 Å². The Morgan fingerprint density at radius 1 is 1.19 bits per heavy atom. The molecule has 1 heterocycles. The highest BCUT2D eigenvalue weighted by Crippen LogP contribution is 2.45. The van der Waals surface area contributed by atoms with Crippen molar-refractivity contribution in [1.29, 1.82) is 0 Å². The molecule has 0 saturated carbocycles. The molecule has 1 fully saturated rings. The third kappa shape index (κ3) is 1.42. The maximum absolute atomic E-state index is 2.49. The molecule has 0 aromatic heterocycles. The SMILES string of the molecule is CN1CC2CC=CCC2(c2ccccc2)C1. The summed E-state index contributed by atoms with van der Waals surface area (Å²) in [7, 11) is 2.25. The van der Waals surface area contributed by atoms with Crippen molar-refractivity contribution in [2.24, 2.45) is 5.92 Å². The second-order valence-corrected chi connectivity index (χ2v) is 5.33. The molecule has 3 rings (SSSR count). The van der Waals surface area contributed by atoms with Crippen LogP contribution in [0.1, 0.15) is 18.4 Å². The van der Waals surface area contributed by atoms with E-state index in [2.05, 4.69) is 54.4 Å². The molecule has 1 aromatic rings. The molecule has 1 saturated heterocycles. The molecule has 0 spiro atoms. The van der Waals surface area contributed by atoms with Gasteiger partial charge in [0.1, 0.15) is 0 Å². The van der Waals surface area contributed by atoms with E-state index in [1.54, 1.807) is 0 Å². The van der Waals surface area contributed by atoms with Gasteiger partial charge in [-0.25, -0.2) is 0 Å². The Bertz CT molecular complexity index is 395. The molecule has 0 bridgehead atoms. The van der Waals surface area contributed by atoms with Crippen molar-refractivity contribution in [2.75, 3.05) is 20.1 Å². The van der Waals surface area contributed by atoms with Crippen LogP contribution in [0.3, 0.4) is 0 Å². The quantitative estimate of drug-likeness (QED) is 0.648. The minimum Gasteiger partial charge on any atom is -0.305 e. The van der Waals surface area contributed by atoms with Crippen molar-refractivity contribution in [1.82, 2.24) is 4.90 Å². The zero-order valence-corrected chi connectivity index (χ0v) is 9.89. The van der Waals surface area contributed by atoms with Gasteiger partial charge in [-0.15, -0.1) is 0 Å². The Hall–Kier alpha value is -1.08. The van der Waals surface area contributed by atoms with Crippen LogP contribution in [-0.2, 0) is 5.41 Å². The molecule has 2 unspecified atom stereocenters. The number of benzene rings is 1. The van der Waals surface area contributed by atoms with E-state index in [1.807, 2.05) is 0 Å². The third-order valence-electron chi connectivity index (χ3n) is 4.28. The summed E-state index contributed by atoms with van der Waals surface area (Å²) in [5.74, 6) is 0.810. The van der Waals surface area contributed by atoms with Crippen LogP contribution in [0.2, 0.25) is 0 Å². The first-order valence-electron chi connectivity index (χ1n) is 6.20. The summed E-state index contributed by atoms with van der Waals surface area (Å²) < 4.78 is 0. The van der Waals surface area contributed by atoms with Crippen LogP contribution in [-0.4, -0.2) is 25.0 Å². The first kappa shape index (κ1) is 10.1. The fourth-order valence-corrected chi connectivity index (χ4v) is 3.53. The molecule has 0 N–H and O–H groups in total. The van der Waals surface area contributed by atoms with Crippen LogP contribution < -0.4 is 0 Å². The van der Waals surface area contributed by atoms with E-state index in [1.165, 1.54) is 31.5 Å². The van der Waals surface area contributed by atoms with E-state index >= 15 is 0 Å². The average molecular weight is 213 g/mol. The Morgan fingerprint density at radius 3 is 2.81 bits per heavy atom. The van der Waals surface area contributed by atoms with Crippen LogP contribution in [0.5, 0.6) is 0 Å². The maximum Gasteiger partial charge on any atom is 0.0158 e. The summed E-state index contributed by atoms with van der Waals surface area (Å²) in [6.45, 7) is 2.46. The molecule has 1 nitrogen and oxygen atoms in total. The van der Waals surface area contributed by atoms with Gasteiger partial charge in [0.05, 0.1) is 0 Å². The summed E-state index contributed by atoms with van der Waals surface area (Å²) in [5.41, 5.74) is 1.93. The molecule has 16 heavy (non-hydrogen) atoms. The first-order valence-corrected chi connectivity index (χ1v) is 6.20. The van der Waals surface area contributed by atoms with Crippen molar-refractivity contribution in [2.45, 2.75) is 18.3 Å². The highest BCUT2D eigenvalue weighted by molar-refractivity contribution is 5.32. The third-order valence-corrected chi connectivity index (χ3v) is 4.28. The van der Waals surface area contributed by atoms with Gasteiger partial charge in [0, 0.05) is 18.5 Å². The summed E-state index contributed by atoms with van der Waals surface area (Å²) in [6.07, 6.45) is 7.21. The van der Waals surface area contributed by atoms with Gasteiger partial charge in [0.25, 0.3) is 0 Å². The number of hydrogen-bond acceptors (Lipinski definition) is 1. The molecule has 1 aliphatic carbocycles. The van der Waals surface area contributed by atoms with Crippen LogP contribution in [0, 0.1) is 5.92 Å². The second-order valence-electron chi connectivity index (χ2n) is 5.33. The number of fused-ring (bicyclic) bond motifs is 1. The summed E-state index contributed by atoms with van der Waals surface area (Å²) in [5, 5.41) is 0. The van der Waals surface area contributed by atoms with E-state index in [4.69, 9.17) is 0 Å². The zero-order chi connectivity index (χ0) is 11.0. The molecule has 1 aromatic carbocycles. The molecule has 84 valence electrons. The highest BCUT2D eigenvalue weighted by atomic mass is 15.1. The minimum atomic E-state index is 0.394. The van der Waals surface area contributed by atoms with E-state index in [0.717, 1.165) is 5.92 Å². The first-order chi connectivity index (χ1) is 7.81. The van der Waals surface area contributed by atoms with Crippen molar-refractivity contribution in [3.05, 3.63) is 48.0 Å². The Labute approximate surface area is 97.8 Å². The van der Waals surface area contributed by atoms with Gasteiger partial charge in [-0.3, -0.25) is 0 Å². The van der Waals surface area contributed by atoms with Crippen LogP contribution in [0.15, 0.2) is 42.5 Å².